The van der Waals surface area contributed by atoms with Crippen LogP contribution >= 0.6 is 0 Å². The van der Waals surface area contributed by atoms with E-state index in [4.69, 9.17) is 0 Å². The Balaban J connectivity index is 2.16. The van der Waals surface area contributed by atoms with Crippen LogP contribution in [-0.2, 0) is 16.0 Å². The van der Waals surface area contributed by atoms with Gasteiger partial charge in [0, 0.05) is 12.2 Å². The van der Waals surface area contributed by atoms with E-state index in [-0.39, 0.29) is 18.1 Å². The second-order valence-electron chi connectivity index (χ2n) is 3.77. The lowest BCUT2D eigenvalue weighted by Gasteiger charge is -2.16. The Morgan fingerprint density at radius 2 is 2.12 bits per heavy atom. The molecule has 1 aromatic carbocycles. The Labute approximate surface area is 94.4 Å². The molecule has 0 N–H and O–H groups in total. The van der Waals surface area contributed by atoms with Crippen molar-refractivity contribution in [3.05, 3.63) is 42.5 Å². The zero-order chi connectivity index (χ0) is 11.5. The lowest BCUT2D eigenvalue weighted by Crippen LogP contribution is -2.30. The number of nitrogens with zero attached hydrogens (tertiary/aromatic N) is 1. The van der Waals surface area contributed by atoms with Crippen LogP contribution in [0.25, 0.3) is 0 Å². The first-order chi connectivity index (χ1) is 7.72. The summed E-state index contributed by atoms with van der Waals surface area (Å²) in [6.45, 7) is 4.03. The van der Waals surface area contributed by atoms with Crippen molar-refractivity contribution in [3.8, 4) is 0 Å². The van der Waals surface area contributed by atoms with Crippen LogP contribution < -0.4 is 4.90 Å². The van der Waals surface area contributed by atoms with Crippen molar-refractivity contribution in [1.82, 2.24) is 0 Å². The molecule has 82 valence electrons. The van der Waals surface area contributed by atoms with E-state index in [2.05, 4.69) is 6.58 Å². The van der Waals surface area contributed by atoms with Gasteiger partial charge in [-0.3, -0.25) is 9.59 Å². The summed E-state index contributed by atoms with van der Waals surface area (Å²) in [5, 5.41) is 0. The van der Waals surface area contributed by atoms with Crippen molar-refractivity contribution >= 4 is 17.4 Å². The maximum Gasteiger partial charge on any atom is 0.234 e. The fraction of sp³-hybridized carbons (Fsp3) is 0.231. The van der Waals surface area contributed by atoms with Crippen molar-refractivity contribution in [3.63, 3.8) is 0 Å². The Hall–Kier alpha value is -1.90. The fourth-order valence-electron chi connectivity index (χ4n) is 1.91. The average Bonchev–Trinajstić information content (AvgIpc) is 2.72. The molecule has 3 nitrogen and oxygen atoms in total. The first kappa shape index (κ1) is 10.6. The number of ketones is 1. The number of rotatable bonds is 3. The highest BCUT2D eigenvalue weighted by Crippen LogP contribution is 2.27. The van der Waals surface area contributed by atoms with Crippen LogP contribution in [0.15, 0.2) is 36.9 Å². The molecule has 0 atom stereocenters. The number of hydrogen-bond acceptors (Lipinski definition) is 2. The number of carbonyl (C=O) groups is 2. The van der Waals surface area contributed by atoms with Crippen LogP contribution in [0.5, 0.6) is 0 Å². The van der Waals surface area contributed by atoms with Crippen molar-refractivity contribution in [1.29, 1.82) is 0 Å². The van der Waals surface area contributed by atoms with Gasteiger partial charge in [-0.15, -0.1) is 0 Å². The van der Waals surface area contributed by atoms with Crippen LogP contribution in [0.2, 0.25) is 0 Å². The maximum absolute atomic E-state index is 11.8. The van der Waals surface area contributed by atoms with E-state index < -0.39 is 0 Å². The molecule has 16 heavy (non-hydrogen) atoms. The van der Waals surface area contributed by atoms with E-state index in [1.807, 2.05) is 24.3 Å². The highest BCUT2D eigenvalue weighted by Gasteiger charge is 2.24. The Morgan fingerprint density at radius 3 is 2.88 bits per heavy atom. The predicted molar refractivity (Wildman–Crippen MR) is 62.3 cm³/mol. The van der Waals surface area contributed by atoms with Crippen LogP contribution in [0.3, 0.4) is 0 Å². The molecule has 1 aliphatic heterocycles. The molecule has 0 aromatic heterocycles. The highest BCUT2D eigenvalue weighted by atomic mass is 16.2. The number of carbonyl (C=O) groups excluding carboxylic acids is 2. The van der Waals surface area contributed by atoms with E-state index in [0.29, 0.717) is 6.54 Å². The normalized spacial score (nSPS) is 13.4. The van der Waals surface area contributed by atoms with Gasteiger partial charge in [0.05, 0.1) is 6.42 Å². The first-order valence-electron chi connectivity index (χ1n) is 5.26. The number of amides is 1. The molecule has 1 amide bonds. The average molecular weight is 215 g/mol. The fourth-order valence-corrected chi connectivity index (χ4v) is 1.91. The van der Waals surface area contributed by atoms with Gasteiger partial charge in [0.25, 0.3) is 0 Å². The summed E-state index contributed by atoms with van der Waals surface area (Å²) in [5.74, 6) is -0.371. The quantitative estimate of drug-likeness (QED) is 0.568. The number of benzene rings is 1. The third-order valence-electron chi connectivity index (χ3n) is 2.74. The molecule has 0 bridgehead atoms. The monoisotopic (exact) mass is 215 g/mol. The Kier molecular flexibility index (Phi) is 2.86. The third-order valence-corrected chi connectivity index (χ3v) is 2.74. The smallest absolute Gasteiger partial charge is 0.234 e. The Bertz CT molecular complexity index is 451. The number of para-hydroxylation sites is 1. The van der Waals surface area contributed by atoms with Gasteiger partial charge in [0.15, 0.2) is 5.78 Å². The van der Waals surface area contributed by atoms with Gasteiger partial charge >= 0.3 is 0 Å². The number of anilines is 1. The van der Waals surface area contributed by atoms with Gasteiger partial charge in [-0.05, 0) is 24.1 Å². The highest BCUT2D eigenvalue weighted by molar-refractivity contribution is 6.09. The third kappa shape index (κ3) is 1.89. The van der Waals surface area contributed by atoms with Gasteiger partial charge in [-0.25, -0.2) is 0 Å². The van der Waals surface area contributed by atoms with Gasteiger partial charge in [-0.1, -0.05) is 24.8 Å². The molecule has 0 saturated heterocycles. The van der Waals surface area contributed by atoms with Crippen molar-refractivity contribution in [2.75, 3.05) is 11.4 Å². The maximum atomic E-state index is 11.8. The molecule has 0 spiro atoms. The lowest BCUT2D eigenvalue weighted by atomic mass is 10.2. The summed E-state index contributed by atoms with van der Waals surface area (Å²) in [6.07, 6.45) is 1.97. The minimum absolute atomic E-state index is 0.0855. The van der Waals surface area contributed by atoms with Crippen molar-refractivity contribution in [2.24, 2.45) is 0 Å². The molecule has 1 aromatic rings. The number of fused-ring (bicyclic) bond motifs is 1. The summed E-state index contributed by atoms with van der Waals surface area (Å²) in [4.78, 5) is 24.6. The van der Waals surface area contributed by atoms with Gasteiger partial charge < -0.3 is 4.90 Å². The van der Waals surface area contributed by atoms with E-state index in [9.17, 15) is 9.59 Å². The second kappa shape index (κ2) is 4.31. The molecular weight excluding hydrogens is 202 g/mol. The first-order valence-corrected chi connectivity index (χ1v) is 5.26. The molecule has 1 aliphatic rings. The minimum atomic E-state index is -0.227. The molecule has 0 unspecified atom stereocenters. The topological polar surface area (TPSA) is 37.4 Å². The van der Waals surface area contributed by atoms with E-state index in [1.54, 1.807) is 4.90 Å². The summed E-state index contributed by atoms with van der Waals surface area (Å²) in [6, 6.07) is 7.79. The molecular formula is C13H13NO2. The molecule has 0 fully saturated rings. The molecule has 0 saturated carbocycles. The van der Waals surface area contributed by atoms with Gasteiger partial charge in [0.2, 0.25) is 5.91 Å². The molecule has 1 heterocycles. The lowest BCUT2D eigenvalue weighted by molar-refractivity contribution is -0.124. The van der Waals surface area contributed by atoms with Crippen LogP contribution in [-0.4, -0.2) is 18.2 Å². The van der Waals surface area contributed by atoms with Crippen LogP contribution in [0.1, 0.15) is 12.0 Å². The molecule has 0 aliphatic carbocycles. The summed E-state index contributed by atoms with van der Waals surface area (Å²) >= 11 is 0. The van der Waals surface area contributed by atoms with Gasteiger partial charge in [0.1, 0.15) is 0 Å². The summed E-state index contributed by atoms with van der Waals surface area (Å²) in [7, 11) is 0. The largest absolute Gasteiger partial charge is 0.311 e. The Morgan fingerprint density at radius 1 is 1.38 bits per heavy atom. The van der Waals surface area contributed by atoms with Crippen molar-refractivity contribution in [2.45, 2.75) is 12.8 Å². The zero-order valence-corrected chi connectivity index (χ0v) is 8.98. The van der Waals surface area contributed by atoms with Crippen LogP contribution in [0.4, 0.5) is 5.69 Å². The van der Waals surface area contributed by atoms with Crippen molar-refractivity contribution < 1.29 is 9.59 Å². The zero-order valence-electron chi connectivity index (χ0n) is 8.98. The molecule has 3 heteroatoms. The molecule has 0 radical (unpaired) electrons. The minimum Gasteiger partial charge on any atom is -0.311 e. The summed E-state index contributed by atoms with van der Waals surface area (Å²) in [5.41, 5.74) is 2.10. The standard InChI is InChI=1S/C13H13NO2/c1-2-11(15)9-13(16)14-8-7-10-5-3-4-6-12(10)14/h2-6H,1,7-9H2. The van der Waals surface area contributed by atoms with E-state index in [0.717, 1.165) is 12.1 Å². The number of hydrogen-bond donors (Lipinski definition) is 0. The SMILES string of the molecule is C=CC(=O)CC(=O)N1CCc2ccccc21. The second-order valence-corrected chi connectivity index (χ2v) is 3.77. The van der Waals surface area contributed by atoms with Crippen LogP contribution in [0, 0.1) is 0 Å². The van der Waals surface area contributed by atoms with E-state index >= 15 is 0 Å². The van der Waals surface area contributed by atoms with E-state index in [1.165, 1.54) is 11.6 Å². The van der Waals surface area contributed by atoms with Gasteiger partial charge in [-0.2, -0.15) is 0 Å². The predicted octanol–water partition coefficient (Wildman–Crippen LogP) is 1.72. The number of allylic oxidation sites excluding steroid dienone is 1. The summed E-state index contributed by atoms with van der Waals surface area (Å²) < 4.78 is 0. The molecule has 2 rings (SSSR count).